The van der Waals surface area contributed by atoms with Gasteiger partial charge in [-0.05, 0) is 25.8 Å². The van der Waals surface area contributed by atoms with E-state index in [0.717, 1.165) is 17.0 Å². The Hall–Kier alpha value is -2.64. The Labute approximate surface area is 126 Å². The van der Waals surface area contributed by atoms with Gasteiger partial charge in [0.2, 0.25) is 0 Å². The fourth-order valence-corrected chi connectivity index (χ4v) is 2.24. The number of hydrogen-bond donors (Lipinski definition) is 2. The summed E-state index contributed by atoms with van der Waals surface area (Å²) in [6, 6.07) is 0. The highest BCUT2D eigenvalue weighted by Gasteiger charge is 2.17. The molecule has 118 valence electrons. The Morgan fingerprint density at radius 1 is 1.36 bits per heavy atom. The third-order valence-corrected chi connectivity index (χ3v) is 3.66. The molecule has 2 rings (SSSR count). The van der Waals surface area contributed by atoms with Gasteiger partial charge >= 0.3 is 5.69 Å². The van der Waals surface area contributed by atoms with E-state index >= 15 is 0 Å². The molecule has 8 heteroatoms. The molecule has 0 bridgehead atoms. The molecule has 0 aliphatic rings. The lowest BCUT2D eigenvalue weighted by Gasteiger charge is -2.17. The van der Waals surface area contributed by atoms with Crippen LogP contribution in [0.25, 0.3) is 0 Å². The third kappa shape index (κ3) is 3.00. The molecule has 2 N–H and O–H groups in total. The lowest BCUT2D eigenvalue weighted by atomic mass is 10.1. The molecule has 0 aromatic carbocycles. The summed E-state index contributed by atoms with van der Waals surface area (Å²) in [5.74, 6) is -0.421. The van der Waals surface area contributed by atoms with Crippen LogP contribution in [0.5, 0.6) is 0 Å². The highest BCUT2D eigenvalue weighted by Crippen LogP contribution is 2.10. The van der Waals surface area contributed by atoms with Crippen LogP contribution in [-0.4, -0.2) is 44.1 Å². The molecule has 0 fully saturated rings. The molecule has 0 atom stereocenters. The maximum absolute atomic E-state index is 12.3. The first-order valence-electron chi connectivity index (χ1n) is 6.87. The summed E-state index contributed by atoms with van der Waals surface area (Å²) in [7, 11) is 3.10. The van der Waals surface area contributed by atoms with Gasteiger partial charge in [-0.2, -0.15) is 5.10 Å². The highest BCUT2D eigenvalue weighted by atomic mass is 16.2. The average Bonchev–Trinajstić information content (AvgIpc) is 2.78. The zero-order chi connectivity index (χ0) is 16.4. The van der Waals surface area contributed by atoms with E-state index in [2.05, 4.69) is 15.2 Å². The molecule has 0 aliphatic heterocycles. The van der Waals surface area contributed by atoms with Gasteiger partial charge in [0, 0.05) is 32.5 Å². The van der Waals surface area contributed by atoms with Crippen molar-refractivity contribution in [3.63, 3.8) is 0 Å². The van der Waals surface area contributed by atoms with Crippen LogP contribution in [0.3, 0.4) is 0 Å². The lowest BCUT2D eigenvalue weighted by molar-refractivity contribution is 0.0793. The zero-order valence-electron chi connectivity index (χ0n) is 13.1. The van der Waals surface area contributed by atoms with Crippen molar-refractivity contribution in [3.05, 3.63) is 49.5 Å². The molecule has 1 amide bonds. The number of hydrogen-bond acceptors (Lipinski definition) is 4. The van der Waals surface area contributed by atoms with E-state index in [0.29, 0.717) is 13.0 Å². The number of H-pyrrole nitrogens is 2. The zero-order valence-corrected chi connectivity index (χ0v) is 13.1. The monoisotopic (exact) mass is 305 g/mol. The van der Waals surface area contributed by atoms with E-state index in [-0.39, 0.29) is 5.56 Å². The molecule has 0 saturated heterocycles. The maximum atomic E-state index is 12.3. The molecule has 0 radical (unpaired) electrons. The third-order valence-electron chi connectivity index (χ3n) is 3.66. The van der Waals surface area contributed by atoms with Crippen LogP contribution in [0.1, 0.15) is 27.3 Å². The van der Waals surface area contributed by atoms with E-state index in [1.807, 2.05) is 13.8 Å². The molecule has 0 unspecified atom stereocenters. The van der Waals surface area contributed by atoms with Crippen molar-refractivity contribution in [1.29, 1.82) is 0 Å². The van der Waals surface area contributed by atoms with Crippen LogP contribution in [-0.2, 0) is 13.5 Å². The first kappa shape index (κ1) is 15.7. The molecule has 2 aromatic rings. The van der Waals surface area contributed by atoms with Crippen LogP contribution in [0.15, 0.2) is 15.8 Å². The van der Waals surface area contributed by atoms with Gasteiger partial charge in [-0.25, -0.2) is 4.79 Å². The van der Waals surface area contributed by atoms with Crippen molar-refractivity contribution in [2.45, 2.75) is 20.3 Å². The molecule has 0 saturated carbocycles. The van der Waals surface area contributed by atoms with Gasteiger partial charge in [-0.1, -0.05) is 0 Å². The van der Waals surface area contributed by atoms with Crippen molar-refractivity contribution < 1.29 is 4.79 Å². The Bertz CT molecular complexity index is 795. The van der Waals surface area contributed by atoms with E-state index in [9.17, 15) is 14.4 Å². The van der Waals surface area contributed by atoms with Gasteiger partial charge in [0.05, 0.1) is 5.69 Å². The van der Waals surface area contributed by atoms with E-state index in [4.69, 9.17) is 0 Å². The minimum atomic E-state index is -0.671. The summed E-state index contributed by atoms with van der Waals surface area (Å²) < 4.78 is 1.17. The van der Waals surface area contributed by atoms with Gasteiger partial charge in [0.1, 0.15) is 5.56 Å². The second-order valence-corrected chi connectivity index (χ2v) is 5.30. The molecule has 0 spiro atoms. The molecule has 8 nitrogen and oxygen atoms in total. The maximum Gasteiger partial charge on any atom is 0.328 e. The highest BCUT2D eigenvalue weighted by molar-refractivity contribution is 5.93. The SMILES string of the molecule is Cc1n[nH]c(C)c1CCN(C)C(=O)c1cn(C)c(=O)[nH]c1=O. The van der Waals surface area contributed by atoms with Crippen molar-refractivity contribution in [2.24, 2.45) is 7.05 Å². The second-order valence-electron chi connectivity index (χ2n) is 5.30. The Morgan fingerprint density at radius 3 is 2.64 bits per heavy atom. The van der Waals surface area contributed by atoms with Gasteiger partial charge in [-0.3, -0.25) is 19.7 Å². The summed E-state index contributed by atoms with van der Waals surface area (Å²) in [6.45, 7) is 4.27. The first-order chi connectivity index (χ1) is 10.3. The summed E-state index contributed by atoms with van der Waals surface area (Å²) in [5.41, 5.74) is 1.67. The number of nitrogens with one attached hydrogen (secondary N) is 2. The number of likely N-dealkylation sites (N-methyl/N-ethyl adjacent to an activating group) is 1. The smallest absolute Gasteiger partial charge is 0.328 e. The standard InChI is InChI=1S/C14H19N5O3/c1-8-10(9(2)17-16-8)5-6-18(3)13(21)11-7-19(4)14(22)15-12(11)20/h7H,5-6H2,1-4H3,(H,16,17)(H,15,20,22). The predicted molar refractivity (Wildman–Crippen MR) is 81.0 cm³/mol. The summed E-state index contributed by atoms with van der Waals surface area (Å²) >= 11 is 0. The predicted octanol–water partition coefficient (Wildman–Crippen LogP) is -0.272. The topological polar surface area (TPSA) is 104 Å². The van der Waals surface area contributed by atoms with Crippen molar-refractivity contribution in [3.8, 4) is 0 Å². The van der Waals surface area contributed by atoms with Crippen LogP contribution in [0, 0.1) is 13.8 Å². The number of aromatic nitrogens is 4. The Kier molecular flexibility index (Phi) is 4.30. The number of carbonyl (C=O) groups is 1. The molecular weight excluding hydrogens is 286 g/mol. The fraction of sp³-hybridized carbons (Fsp3) is 0.429. The second kappa shape index (κ2) is 6.00. The van der Waals surface area contributed by atoms with E-state index in [1.54, 1.807) is 7.05 Å². The number of aromatic amines is 2. The number of amides is 1. The number of nitrogens with zero attached hydrogens (tertiary/aromatic N) is 3. The molecule has 2 aromatic heterocycles. The fourth-order valence-electron chi connectivity index (χ4n) is 2.24. The van der Waals surface area contributed by atoms with Gasteiger partial charge < -0.3 is 9.47 Å². The van der Waals surface area contributed by atoms with Crippen LogP contribution < -0.4 is 11.2 Å². The molecule has 0 aliphatic carbocycles. The number of aryl methyl sites for hydroxylation is 3. The largest absolute Gasteiger partial charge is 0.341 e. The van der Waals surface area contributed by atoms with Gasteiger partial charge in [-0.15, -0.1) is 0 Å². The van der Waals surface area contributed by atoms with E-state index < -0.39 is 17.2 Å². The van der Waals surface area contributed by atoms with Crippen molar-refractivity contribution in [2.75, 3.05) is 13.6 Å². The summed E-state index contributed by atoms with van der Waals surface area (Å²) in [4.78, 5) is 39.0. The Morgan fingerprint density at radius 2 is 2.05 bits per heavy atom. The van der Waals surface area contributed by atoms with Gasteiger partial charge in [0.15, 0.2) is 0 Å². The molecule has 2 heterocycles. The minimum Gasteiger partial charge on any atom is -0.341 e. The van der Waals surface area contributed by atoms with E-state index in [1.165, 1.54) is 22.7 Å². The van der Waals surface area contributed by atoms with Crippen LogP contribution >= 0.6 is 0 Å². The van der Waals surface area contributed by atoms with Gasteiger partial charge in [0.25, 0.3) is 11.5 Å². The number of rotatable bonds is 4. The normalized spacial score (nSPS) is 10.7. The quantitative estimate of drug-likeness (QED) is 0.811. The first-order valence-corrected chi connectivity index (χ1v) is 6.87. The minimum absolute atomic E-state index is 0.0507. The van der Waals surface area contributed by atoms with Crippen LogP contribution in [0.4, 0.5) is 0 Å². The molecule has 22 heavy (non-hydrogen) atoms. The lowest BCUT2D eigenvalue weighted by Crippen LogP contribution is -2.37. The summed E-state index contributed by atoms with van der Waals surface area (Å²) in [5, 5.41) is 7.01. The average molecular weight is 305 g/mol. The number of carbonyl (C=O) groups excluding carboxylic acids is 1. The van der Waals surface area contributed by atoms with Crippen molar-refractivity contribution >= 4 is 5.91 Å². The van der Waals surface area contributed by atoms with Crippen LogP contribution in [0.2, 0.25) is 0 Å². The molecular formula is C14H19N5O3. The Balaban J connectivity index is 2.15. The summed E-state index contributed by atoms with van der Waals surface area (Å²) in [6.07, 6.45) is 1.90. The van der Waals surface area contributed by atoms with Crippen molar-refractivity contribution in [1.82, 2.24) is 24.6 Å².